The van der Waals surface area contributed by atoms with Crippen LogP contribution in [0.3, 0.4) is 0 Å². The van der Waals surface area contributed by atoms with Gasteiger partial charge in [-0.25, -0.2) is 4.79 Å². The van der Waals surface area contributed by atoms with Gasteiger partial charge in [-0.3, -0.25) is 9.69 Å². The van der Waals surface area contributed by atoms with E-state index >= 15 is 0 Å². The number of para-hydroxylation sites is 1. The molecular weight excluding hydrogens is 392 g/mol. The van der Waals surface area contributed by atoms with Gasteiger partial charge in [0.2, 0.25) is 0 Å². The second-order valence-electron chi connectivity index (χ2n) is 6.92. The number of hydrogen-bond donors (Lipinski definition) is 0. The average molecular weight is 413 g/mol. The molecule has 0 aliphatic carbocycles. The number of benzene rings is 2. The van der Waals surface area contributed by atoms with Crippen LogP contribution in [0, 0.1) is 0 Å². The number of hydrogen-bond acceptors (Lipinski definition) is 5. The second kappa shape index (κ2) is 8.27. The summed E-state index contributed by atoms with van der Waals surface area (Å²) in [5.41, 5.74) is 1.40. The molecule has 1 aliphatic heterocycles. The number of nitrogens with zero attached hydrogens (tertiary/aromatic N) is 2. The van der Waals surface area contributed by atoms with E-state index in [0.717, 1.165) is 5.39 Å². The monoisotopic (exact) mass is 412 g/mol. The van der Waals surface area contributed by atoms with Crippen molar-refractivity contribution in [1.82, 2.24) is 9.80 Å². The van der Waals surface area contributed by atoms with Crippen LogP contribution in [0.4, 0.5) is 0 Å². The summed E-state index contributed by atoms with van der Waals surface area (Å²) in [4.78, 5) is 29.1. The quantitative estimate of drug-likeness (QED) is 0.610. The molecule has 1 aromatic heterocycles. The highest BCUT2D eigenvalue weighted by atomic mass is 35.5. The number of fused-ring (bicyclic) bond motifs is 1. The molecule has 0 saturated carbocycles. The maximum absolute atomic E-state index is 12.9. The van der Waals surface area contributed by atoms with Crippen molar-refractivity contribution in [2.45, 2.75) is 6.04 Å². The summed E-state index contributed by atoms with van der Waals surface area (Å²) >= 11 is 6.33. The van der Waals surface area contributed by atoms with Gasteiger partial charge in [0.15, 0.2) is 5.76 Å². The van der Waals surface area contributed by atoms with Crippen molar-refractivity contribution in [3.8, 4) is 0 Å². The fraction of sp³-hybridized carbons (Fsp3) is 0.273. The van der Waals surface area contributed by atoms with Gasteiger partial charge < -0.3 is 14.1 Å². The van der Waals surface area contributed by atoms with Crippen LogP contribution in [0.5, 0.6) is 0 Å². The minimum absolute atomic E-state index is 0.145. The van der Waals surface area contributed by atoms with Gasteiger partial charge >= 0.3 is 5.97 Å². The number of halogens is 1. The first-order chi connectivity index (χ1) is 14.1. The molecule has 1 atom stereocenters. The zero-order valence-corrected chi connectivity index (χ0v) is 16.8. The molecule has 1 amide bonds. The standard InChI is InChI=1S/C22H21ClN2O4/c1-28-22(27)20(16-7-3-4-8-17(16)23)24-10-12-25(13-11-24)21(26)19-14-15-6-2-5-9-18(15)29-19/h2-9,14,20H,10-13H2,1H3. The SMILES string of the molecule is COC(=O)C(c1ccccc1Cl)N1CCN(C(=O)c2cc3ccccc3o2)CC1. The molecular formula is C22H21ClN2O4. The highest BCUT2D eigenvalue weighted by molar-refractivity contribution is 6.31. The van der Waals surface area contributed by atoms with Crippen LogP contribution in [-0.4, -0.2) is 55.0 Å². The predicted molar refractivity (Wildman–Crippen MR) is 110 cm³/mol. The lowest BCUT2D eigenvalue weighted by Gasteiger charge is -2.38. The summed E-state index contributed by atoms with van der Waals surface area (Å²) in [6.45, 7) is 2.01. The van der Waals surface area contributed by atoms with E-state index in [2.05, 4.69) is 0 Å². The van der Waals surface area contributed by atoms with Gasteiger partial charge in [-0.1, -0.05) is 48.0 Å². The third-order valence-corrected chi connectivity index (χ3v) is 5.57. The summed E-state index contributed by atoms with van der Waals surface area (Å²) in [5, 5.41) is 1.42. The van der Waals surface area contributed by atoms with E-state index in [0.29, 0.717) is 48.1 Å². The van der Waals surface area contributed by atoms with E-state index in [4.69, 9.17) is 20.8 Å². The van der Waals surface area contributed by atoms with Gasteiger partial charge in [0, 0.05) is 36.6 Å². The van der Waals surface area contributed by atoms with Crippen LogP contribution in [-0.2, 0) is 9.53 Å². The Morgan fingerprint density at radius 3 is 2.41 bits per heavy atom. The van der Waals surface area contributed by atoms with Crippen molar-refractivity contribution in [1.29, 1.82) is 0 Å². The Bertz CT molecular complexity index is 1010. The Labute approximate surface area is 173 Å². The summed E-state index contributed by atoms with van der Waals surface area (Å²) in [5.74, 6) is -0.182. The normalized spacial score (nSPS) is 16.0. The van der Waals surface area contributed by atoms with E-state index in [1.54, 1.807) is 17.0 Å². The van der Waals surface area contributed by atoms with Crippen molar-refractivity contribution in [3.63, 3.8) is 0 Å². The summed E-state index contributed by atoms with van der Waals surface area (Å²) in [7, 11) is 1.37. The van der Waals surface area contributed by atoms with Gasteiger partial charge in [-0.2, -0.15) is 0 Å². The fourth-order valence-electron chi connectivity index (χ4n) is 3.71. The third-order valence-electron chi connectivity index (χ3n) is 5.23. The van der Waals surface area contributed by atoms with Gasteiger partial charge in [0.1, 0.15) is 11.6 Å². The lowest BCUT2D eigenvalue weighted by molar-refractivity contribution is -0.148. The molecule has 29 heavy (non-hydrogen) atoms. The minimum atomic E-state index is -0.600. The van der Waals surface area contributed by atoms with E-state index < -0.39 is 6.04 Å². The van der Waals surface area contributed by atoms with Gasteiger partial charge in [0.25, 0.3) is 5.91 Å². The Hall–Kier alpha value is -2.83. The largest absolute Gasteiger partial charge is 0.468 e. The molecule has 0 N–H and O–H groups in total. The highest BCUT2D eigenvalue weighted by Crippen LogP contribution is 2.30. The van der Waals surface area contributed by atoms with Crippen molar-refractivity contribution >= 4 is 34.4 Å². The third kappa shape index (κ3) is 3.86. The molecule has 1 fully saturated rings. The lowest BCUT2D eigenvalue weighted by atomic mass is 10.0. The molecule has 6 nitrogen and oxygen atoms in total. The zero-order valence-electron chi connectivity index (χ0n) is 16.0. The molecule has 7 heteroatoms. The van der Waals surface area contributed by atoms with Gasteiger partial charge in [-0.05, 0) is 23.8 Å². The van der Waals surface area contributed by atoms with Crippen molar-refractivity contribution in [3.05, 3.63) is 70.9 Å². The molecule has 4 rings (SSSR count). The van der Waals surface area contributed by atoms with Crippen LogP contribution in [0.1, 0.15) is 22.2 Å². The summed E-state index contributed by atoms with van der Waals surface area (Å²) in [6, 6.07) is 16.0. The van der Waals surface area contributed by atoms with E-state index in [1.807, 2.05) is 47.4 Å². The maximum atomic E-state index is 12.9. The average Bonchev–Trinajstić information content (AvgIpc) is 3.19. The molecule has 1 aliphatic rings. The lowest BCUT2D eigenvalue weighted by Crippen LogP contribution is -2.51. The molecule has 1 saturated heterocycles. The second-order valence-corrected chi connectivity index (χ2v) is 7.33. The molecule has 0 bridgehead atoms. The van der Waals surface area contributed by atoms with Crippen LogP contribution >= 0.6 is 11.6 Å². The summed E-state index contributed by atoms with van der Waals surface area (Å²) < 4.78 is 10.7. The number of rotatable bonds is 4. The van der Waals surface area contributed by atoms with Crippen molar-refractivity contribution in [2.75, 3.05) is 33.3 Å². The molecule has 2 heterocycles. The van der Waals surface area contributed by atoms with Crippen molar-refractivity contribution in [2.24, 2.45) is 0 Å². The highest BCUT2D eigenvalue weighted by Gasteiger charge is 2.34. The number of carbonyl (C=O) groups is 2. The molecule has 1 unspecified atom stereocenters. The zero-order chi connectivity index (χ0) is 20.4. The Balaban J connectivity index is 1.49. The number of amides is 1. The molecule has 0 radical (unpaired) electrons. The smallest absolute Gasteiger partial charge is 0.327 e. The van der Waals surface area contributed by atoms with E-state index in [9.17, 15) is 9.59 Å². The minimum Gasteiger partial charge on any atom is -0.468 e. The van der Waals surface area contributed by atoms with Crippen LogP contribution < -0.4 is 0 Å². The molecule has 0 spiro atoms. The number of piperazine rings is 1. The molecule has 150 valence electrons. The Kier molecular flexibility index (Phi) is 5.56. The van der Waals surface area contributed by atoms with E-state index in [-0.39, 0.29) is 11.9 Å². The number of methoxy groups -OCH3 is 1. The number of esters is 1. The maximum Gasteiger partial charge on any atom is 0.327 e. The first-order valence-electron chi connectivity index (χ1n) is 9.42. The first-order valence-corrected chi connectivity index (χ1v) is 9.80. The van der Waals surface area contributed by atoms with Crippen molar-refractivity contribution < 1.29 is 18.7 Å². The number of ether oxygens (including phenoxy) is 1. The fourth-order valence-corrected chi connectivity index (χ4v) is 3.95. The molecule has 2 aromatic carbocycles. The first kappa shape index (κ1) is 19.5. The Morgan fingerprint density at radius 2 is 1.72 bits per heavy atom. The molecule has 3 aromatic rings. The predicted octanol–water partition coefficient (Wildman–Crippen LogP) is 3.76. The van der Waals surface area contributed by atoms with Crippen LogP contribution in [0.15, 0.2) is 59.0 Å². The van der Waals surface area contributed by atoms with Gasteiger partial charge in [0.05, 0.1) is 7.11 Å². The number of carbonyl (C=O) groups excluding carboxylic acids is 2. The van der Waals surface area contributed by atoms with Crippen LogP contribution in [0.25, 0.3) is 11.0 Å². The Morgan fingerprint density at radius 1 is 1.03 bits per heavy atom. The van der Waals surface area contributed by atoms with Gasteiger partial charge in [-0.15, -0.1) is 0 Å². The van der Waals surface area contributed by atoms with Crippen LogP contribution in [0.2, 0.25) is 5.02 Å². The summed E-state index contributed by atoms with van der Waals surface area (Å²) in [6.07, 6.45) is 0. The number of furan rings is 1. The topological polar surface area (TPSA) is 63.0 Å². The van der Waals surface area contributed by atoms with E-state index in [1.165, 1.54) is 7.11 Å².